The summed E-state index contributed by atoms with van der Waals surface area (Å²) in [5.41, 5.74) is 9.68. The quantitative estimate of drug-likeness (QED) is 0.715. The lowest BCUT2D eigenvalue weighted by molar-refractivity contribution is 0.102. The molecule has 3 aromatic rings. The van der Waals surface area contributed by atoms with Crippen LogP contribution in [0.15, 0.2) is 54.7 Å². The van der Waals surface area contributed by atoms with Gasteiger partial charge in [-0.05, 0) is 44.0 Å². The van der Waals surface area contributed by atoms with E-state index in [1.807, 2.05) is 68.6 Å². The summed E-state index contributed by atoms with van der Waals surface area (Å²) in [4.78, 5) is 12.6. The maximum atomic E-state index is 12.6. The van der Waals surface area contributed by atoms with Gasteiger partial charge in [0, 0.05) is 29.4 Å². The van der Waals surface area contributed by atoms with Gasteiger partial charge in [-0.2, -0.15) is 0 Å². The molecule has 134 valence electrons. The van der Waals surface area contributed by atoms with E-state index >= 15 is 0 Å². The van der Waals surface area contributed by atoms with Gasteiger partial charge in [0.25, 0.3) is 5.91 Å². The Kier molecular flexibility index (Phi) is 5.43. The summed E-state index contributed by atoms with van der Waals surface area (Å²) in [6.45, 7) is 4.61. The summed E-state index contributed by atoms with van der Waals surface area (Å²) >= 11 is 0. The van der Waals surface area contributed by atoms with E-state index in [9.17, 15) is 4.79 Å². The molecule has 26 heavy (non-hydrogen) atoms. The summed E-state index contributed by atoms with van der Waals surface area (Å²) in [5, 5.41) is 11.3. The van der Waals surface area contributed by atoms with E-state index in [2.05, 4.69) is 15.6 Å². The van der Waals surface area contributed by atoms with Crippen molar-refractivity contribution in [2.24, 2.45) is 5.73 Å². The van der Waals surface area contributed by atoms with Gasteiger partial charge in [-0.15, -0.1) is 5.10 Å². The third kappa shape index (κ3) is 4.34. The summed E-state index contributed by atoms with van der Waals surface area (Å²) in [5.74, 6) is -0.139. The van der Waals surface area contributed by atoms with Gasteiger partial charge < -0.3 is 11.1 Å². The predicted octanol–water partition coefficient (Wildman–Crippen LogP) is 3.24. The molecule has 3 rings (SSSR count). The number of hydrogen-bond donors (Lipinski definition) is 2. The topological polar surface area (TPSA) is 85.8 Å². The average Bonchev–Trinajstić information content (AvgIpc) is 3.10. The van der Waals surface area contributed by atoms with Crippen molar-refractivity contribution in [1.82, 2.24) is 15.0 Å². The number of nitrogens with two attached hydrogens (primary N) is 1. The van der Waals surface area contributed by atoms with Gasteiger partial charge in [-0.25, -0.2) is 0 Å². The lowest BCUT2D eigenvalue weighted by Gasteiger charge is -2.09. The van der Waals surface area contributed by atoms with Crippen LogP contribution in [-0.4, -0.2) is 26.9 Å². The first kappa shape index (κ1) is 17.8. The van der Waals surface area contributed by atoms with Crippen molar-refractivity contribution in [1.29, 1.82) is 0 Å². The first-order valence-electron chi connectivity index (χ1n) is 8.66. The van der Waals surface area contributed by atoms with Crippen LogP contribution in [0.5, 0.6) is 0 Å². The third-order valence-corrected chi connectivity index (χ3v) is 4.16. The highest BCUT2D eigenvalue weighted by atomic mass is 16.1. The van der Waals surface area contributed by atoms with E-state index in [4.69, 9.17) is 5.73 Å². The molecule has 0 unspecified atom stereocenters. The number of carbonyl (C=O) groups excluding carboxylic acids is 1. The van der Waals surface area contributed by atoms with Crippen LogP contribution < -0.4 is 11.1 Å². The molecule has 0 spiro atoms. The first-order chi connectivity index (χ1) is 12.5. The molecule has 0 bridgehead atoms. The molecule has 0 radical (unpaired) electrons. The summed E-state index contributed by atoms with van der Waals surface area (Å²) in [6, 6.07) is 15.3. The Morgan fingerprint density at radius 2 is 2.00 bits per heavy atom. The van der Waals surface area contributed by atoms with Crippen LogP contribution in [0.4, 0.5) is 5.69 Å². The van der Waals surface area contributed by atoms with Crippen LogP contribution in [0.3, 0.4) is 0 Å². The highest BCUT2D eigenvalue weighted by molar-refractivity contribution is 6.05. The number of para-hydroxylation sites is 1. The molecule has 6 nitrogen and oxygen atoms in total. The highest BCUT2D eigenvalue weighted by Gasteiger charge is 2.13. The molecule has 1 heterocycles. The van der Waals surface area contributed by atoms with E-state index in [-0.39, 0.29) is 11.9 Å². The Bertz CT molecular complexity index is 886. The van der Waals surface area contributed by atoms with Crippen molar-refractivity contribution in [3.8, 4) is 11.3 Å². The van der Waals surface area contributed by atoms with E-state index in [1.54, 1.807) is 4.68 Å². The number of nitrogens with zero attached hydrogens (tertiary/aromatic N) is 3. The number of rotatable bonds is 6. The molecule has 0 fully saturated rings. The van der Waals surface area contributed by atoms with Crippen LogP contribution in [0.1, 0.15) is 29.3 Å². The zero-order chi connectivity index (χ0) is 18.5. The average molecular weight is 349 g/mol. The summed E-state index contributed by atoms with van der Waals surface area (Å²) in [7, 11) is 0. The number of aromatic nitrogens is 3. The van der Waals surface area contributed by atoms with Crippen LogP contribution in [-0.2, 0) is 6.54 Å². The Balaban J connectivity index is 1.80. The van der Waals surface area contributed by atoms with Gasteiger partial charge in [-0.1, -0.05) is 35.5 Å². The van der Waals surface area contributed by atoms with Crippen molar-refractivity contribution < 1.29 is 4.79 Å². The van der Waals surface area contributed by atoms with Gasteiger partial charge in [0.1, 0.15) is 5.69 Å². The zero-order valence-corrected chi connectivity index (χ0v) is 15.0. The highest BCUT2D eigenvalue weighted by Crippen LogP contribution is 2.21. The van der Waals surface area contributed by atoms with Crippen molar-refractivity contribution in [3.63, 3.8) is 0 Å². The molecule has 2 aromatic carbocycles. The second-order valence-corrected chi connectivity index (χ2v) is 6.48. The Morgan fingerprint density at radius 1 is 1.23 bits per heavy atom. The maximum Gasteiger partial charge on any atom is 0.255 e. The lowest BCUT2D eigenvalue weighted by atomic mass is 10.0. The molecular formula is C20H23N5O. The largest absolute Gasteiger partial charge is 0.328 e. The first-order valence-corrected chi connectivity index (χ1v) is 8.66. The zero-order valence-electron chi connectivity index (χ0n) is 15.0. The standard InChI is InChI=1S/C20H23N5O/c1-14-8-9-16(19-13-25(24-23-19)11-10-15(2)21)12-18(14)20(26)22-17-6-4-3-5-7-17/h3-9,12-13,15H,10-11,21H2,1-2H3,(H,22,26)/t15-/m1/s1. The van der Waals surface area contributed by atoms with E-state index in [0.717, 1.165) is 35.5 Å². The number of aryl methyl sites for hydroxylation is 2. The molecule has 1 atom stereocenters. The van der Waals surface area contributed by atoms with Gasteiger partial charge in [-0.3, -0.25) is 9.48 Å². The smallest absolute Gasteiger partial charge is 0.255 e. The van der Waals surface area contributed by atoms with Crippen LogP contribution >= 0.6 is 0 Å². The van der Waals surface area contributed by atoms with Crippen LogP contribution in [0.25, 0.3) is 11.3 Å². The second kappa shape index (κ2) is 7.93. The molecule has 0 aliphatic carbocycles. The summed E-state index contributed by atoms with van der Waals surface area (Å²) < 4.78 is 1.78. The number of benzene rings is 2. The fourth-order valence-corrected chi connectivity index (χ4v) is 2.62. The van der Waals surface area contributed by atoms with Gasteiger partial charge >= 0.3 is 0 Å². The SMILES string of the molecule is Cc1ccc(-c2cn(CC[C@@H](C)N)nn2)cc1C(=O)Nc1ccccc1. The van der Waals surface area contributed by atoms with E-state index in [1.165, 1.54) is 0 Å². The van der Waals surface area contributed by atoms with E-state index < -0.39 is 0 Å². The molecule has 0 aliphatic rings. The Morgan fingerprint density at radius 3 is 2.73 bits per heavy atom. The molecular weight excluding hydrogens is 326 g/mol. The number of carbonyl (C=O) groups is 1. The molecule has 0 saturated carbocycles. The van der Waals surface area contributed by atoms with Crippen molar-refractivity contribution in [2.45, 2.75) is 32.9 Å². The molecule has 1 amide bonds. The second-order valence-electron chi connectivity index (χ2n) is 6.48. The van der Waals surface area contributed by atoms with Gasteiger partial charge in [0.15, 0.2) is 0 Å². The molecule has 1 aromatic heterocycles. The fraction of sp³-hybridized carbons (Fsp3) is 0.250. The fourth-order valence-electron chi connectivity index (χ4n) is 2.62. The van der Waals surface area contributed by atoms with Crippen molar-refractivity contribution in [2.75, 3.05) is 5.32 Å². The minimum atomic E-state index is -0.139. The van der Waals surface area contributed by atoms with E-state index in [0.29, 0.717) is 5.56 Å². The third-order valence-electron chi connectivity index (χ3n) is 4.16. The van der Waals surface area contributed by atoms with Gasteiger partial charge in [0.2, 0.25) is 0 Å². The number of anilines is 1. The maximum absolute atomic E-state index is 12.6. The molecule has 0 aliphatic heterocycles. The predicted molar refractivity (Wildman–Crippen MR) is 103 cm³/mol. The van der Waals surface area contributed by atoms with Crippen LogP contribution in [0.2, 0.25) is 0 Å². The van der Waals surface area contributed by atoms with Crippen molar-refractivity contribution >= 4 is 11.6 Å². The Hall–Kier alpha value is -2.99. The number of nitrogens with one attached hydrogen (secondary N) is 1. The number of hydrogen-bond acceptors (Lipinski definition) is 4. The molecule has 6 heteroatoms. The van der Waals surface area contributed by atoms with Gasteiger partial charge in [0.05, 0.1) is 6.20 Å². The van der Waals surface area contributed by atoms with Crippen LogP contribution in [0, 0.1) is 6.92 Å². The monoisotopic (exact) mass is 349 g/mol. The molecule has 3 N–H and O–H groups in total. The minimum absolute atomic E-state index is 0.121. The Labute approximate surface area is 153 Å². The number of amides is 1. The lowest BCUT2D eigenvalue weighted by Crippen LogP contribution is -2.17. The van der Waals surface area contributed by atoms with Crippen molar-refractivity contribution in [3.05, 3.63) is 65.9 Å². The minimum Gasteiger partial charge on any atom is -0.328 e. The summed E-state index contributed by atoms with van der Waals surface area (Å²) in [6.07, 6.45) is 2.72. The molecule has 0 saturated heterocycles. The normalized spacial score (nSPS) is 12.0.